The van der Waals surface area contributed by atoms with Crippen molar-refractivity contribution in [2.24, 2.45) is 5.92 Å². The average molecular weight is 426 g/mol. The van der Waals surface area contributed by atoms with Gasteiger partial charge in [-0.05, 0) is 51.3 Å². The van der Waals surface area contributed by atoms with Crippen LogP contribution < -0.4 is 10.1 Å². The number of hydrogen-bond donors (Lipinski definition) is 1. The number of carbonyl (C=O) groups excluding carboxylic acids is 1. The van der Waals surface area contributed by atoms with Crippen LogP contribution in [0, 0.1) is 17.2 Å². The maximum Gasteiger partial charge on any atom is 0.241 e. The first kappa shape index (κ1) is 23.5. The van der Waals surface area contributed by atoms with Gasteiger partial charge in [-0.15, -0.1) is 0 Å². The molecule has 1 aromatic heterocycles. The molecule has 2 atom stereocenters. The molecule has 7 heteroatoms. The lowest BCUT2D eigenvalue weighted by atomic mass is 10.1. The summed E-state index contributed by atoms with van der Waals surface area (Å²) in [5.74, 6) is -0.431. The summed E-state index contributed by atoms with van der Waals surface area (Å²) in [4.78, 5) is 17.9. The molecule has 2 aromatic rings. The minimum absolute atomic E-state index is 0.164. The van der Waals surface area contributed by atoms with Crippen LogP contribution in [0.25, 0.3) is 15.8 Å². The fourth-order valence-electron chi connectivity index (χ4n) is 2.71. The van der Waals surface area contributed by atoms with Crippen molar-refractivity contribution in [2.75, 3.05) is 19.0 Å². The minimum atomic E-state index is -0.737. The van der Waals surface area contributed by atoms with Crippen molar-refractivity contribution in [3.8, 4) is 11.8 Å². The molecule has 1 N–H and O–H groups in total. The highest BCUT2D eigenvalue weighted by molar-refractivity contribution is 8.10. The van der Waals surface area contributed by atoms with Crippen LogP contribution in [0.5, 0.6) is 5.75 Å². The van der Waals surface area contributed by atoms with Gasteiger partial charge in [-0.3, -0.25) is 4.79 Å². The third-order valence-electron chi connectivity index (χ3n) is 4.20. The summed E-state index contributed by atoms with van der Waals surface area (Å²) in [7, 11) is 1.63. The molecule has 0 spiro atoms. The number of nitrogens with one attached hydrogen (secondary N) is 1. The zero-order valence-electron chi connectivity index (χ0n) is 17.9. The first-order valence-electron chi connectivity index (χ1n) is 9.68. The van der Waals surface area contributed by atoms with Crippen molar-refractivity contribution in [1.82, 2.24) is 4.98 Å². The molecule has 0 aliphatic rings. The smallest absolute Gasteiger partial charge is 0.241 e. The number of allylic oxidation sites excluding steroid dienone is 2. The van der Waals surface area contributed by atoms with Crippen molar-refractivity contribution in [3.05, 3.63) is 47.5 Å². The molecule has 0 bridgehead atoms. The van der Waals surface area contributed by atoms with Crippen LogP contribution in [0.4, 0.5) is 5.69 Å². The molecule has 158 valence electrons. The Hall–Kier alpha value is -2.82. The number of methoxy groups -OCH3 is 1. The van der Waals surface area contributed by atoms with E-state index in [1.165, 1.54) is 0 Å². The van der Waals surface area contributed by atoms with Crippen LogP contribution in [0.2, 0.25) is 0 Å². The van der Waals surface area contributed by atoms with Gasteiger partial charge in [0.1, 0.15) is 17.8 Å². The lowest BCUT2D eigenvalue weighted by Gasteiger charge is -2.18. The molecular formula is C23H27N3O3S. The summed E-state index contributed by atoms with van der Waals surface area (Å²) in [5, 5.41) is 14.5. The standard InChI is InChI=1S/C23H27N3O3S/c1-6-10-30-22(7-2)20-12-21(29-16(4)14-28-5)18-11-17(8-9-19(18)26-20)25-23(27)15(3)13-24/h6-12,15-16H,14H2,1-5H3,(H,25,27)/b10-6-,22-7-. The molecule has 2 rings (SSSR count). The second-order valence-corrected chi connectivity index (χ2v) is 7.65. The van der Waals surface area contributed by atoms with Gasteiger partial charge < -0.3 is 14.8 Å². The Morgan fingerprint density at radius 3 is 2.73 bits per heavy atom. The number of fused-ring (bicyclic) bond motifs is 1. The number of anilines is 1. The third kappa shape index (κ3) is 6.09. The van der Waals surface area contributed by atoms with Gasteiger partial charge in [-0.2, -0.15) is 5.26 Å². The molecule has 0 aliphatic carbocycles. The topological polar surface area (TPSA) is 84.2 Å². The quantitative estimate of drug-likeness (QED) is 0.581. The Morgan fingerprint density at radius 2 is 2.10 bits per heavy atom. The molecule has 1 heterocycles. The number of pyridine rings is 1. The lowest BCUT2D eigenvalue weighted by molar-refractivity contribution is -0.117. The van der Waals surface area contributed by atoms with E-state index in [0.29, 0.717) is 18.0 Å². The number of rotatable bonds is 9. The number of hydrogen-bond acceptors (Lipinski definition) is 6. The molecular weight excluding hydrogens is 398 g/mol. The Balaban J connectivity index is 2.53. The molecule has 1 amide bonds. The normalized spacial score (nSPS) is 13.8. The summed E-state index contributed by atoms with van der Waals surface area (Å²) in [6.45, 7) is 7.88. The van der Waals surface area contributed by atoms with E-state index in [-0.39, 0.29) is 12.0 Å². The van der Waals surface area contributed by atoms with Crippen LogP contribution in [0.3, 0.4) is 0 Å². The Bertz CT molecular complexity index is 995. The van der Waals surface area contributed by atoms with Crippen LogP contribution in [0.1, 0.15) is 33.4 Å². The molecule has 0 aliphatic heterocycles. The van der Waals surface area contributed by atoms with Crippen LogP contribution in [-0.2, 0) is 9.53 Å². The molecule has 0 fully saturated rings. The van der Waals surface area contributed by atoms with Crippen molar-refractivity contribution < 1.29 is 14.3 Å². The van der Waals surface area contributed by atoms with E-state index in [0.717, 1.165) is 21.5 Å². The van der Waals surface area contributed by atoms with E-state index in [9.17, 15) is 4.79 Å². The molecule has 0 saturated carbocycles. The zero-order valence-corrected chi connectivity index (χ0v) is 18.7. The van der Waals surface area contributed by atoms with Gasteiger partial charge in [0.05, 0.1) is 23.9 Å². The first-order valence-corrected chi connectivity index (χ1v) is 10.6. The number of ether oxygens (including phenoxy) is 2. The third-order valence-corrected chi connectivity index (χ3v) is 5.31. The maximum atomic E-state index is 12.1. The van der Waals surface area contributed by atoms with Crippen LogP contribution in [0.15, 0.2) is 41.8 Å². The predicted octanol–water partition coefficient (Wildman–Crippen LogP) is 5.37. The van der Waals surface area contributed by atoms with Gasteiger partial charge in [0.15, 0.2) is 0 Å². The molecule has 1 aromatic carbocycles. The van der Waals surface area contributed by atoms with Gasteiger partial charge in [0.2, 0.25) is 5.91 Å². The van der Waals surface area contributed by atoms with Crippen molar-refractivity contribution in [1.29, 1.82) is 5.26 Å². The Labute approximate surface area is 182 Å². The largest absolute Gasteiger partial charge is 0.488 e. The van der Waals surface area contributed by atoms with E-state index in [1.807, 2.05) is 62.6 Å². The second kappa shape index (κ2) is 11.4. The van der Waals surface area contributed by atoms with E-state index >= 15 is 0 Å². The fourth-order valence-corrected chi connectivity index (χ4v) is 3.35. The van der Waals surface area contributed by atoms with Gasteiger partial charge in [0, 0.05) is 29.2 Å². The molecule has 2 unspecified atom stereocenters. The Morgan fingerprint density at radius 1 is 1.33 bits per heavy atom. The van der Waals surface area contributed by atoms with Gasteiger partial charge in [0.25, 0.3) is 0 Å². The lowest BCUT2D eigenvalue weighted by Crippen LogP contribution is -2.19. The Kier molecular flexibility index (Phi) is 8.90. The number of aromatic nitrogens is 1. The summed E-state index contributed by atoms with van der Waals surface area (Å²) in [6.07, 6.45) is 3.83. The average Bonchev–Trinajstić information content (AvgIpc) is 2.74. The SMILES string of the molecule is C/C=C\S/C(=C\C)c1cc(OC(C)COC)c2cc(NC(=O)C(C)C#N)ccc2n1. The van der Waals surface area contributed by atoms with Gasteiger partial charge >= 0.3 is 0 Å². The highest BCUT2D eigenvalue weighted by Gasteiger charge is 2.16. The maximum absolute atomic E-state index is 12.1. The number of carbonyl (C=O) groups is 1. The van der Waals surface area contributed by atoms with E-state index in [1.54, 1.807) is 31.9 Å². The van der Waals surface area contributed by atoms with E-state index in [2.05, 4.69) is 5.32 Å². The number of nitrogens with zero attached hydrogens (tertiary/aromatic N) is 2. The van der Waals surface area contributed by atoms with E-state index in [4.69, 9.17) is 19.7 Å². The summed E-state index contributed by atoms with van der Waals surface area (Å²) >= 11 is 1.59. The zero-order chi connectivity index (χ0) is 22.1. The van der Waals surface area contributed by atoms with Gasteiger partial charge in [-0.25, -0.2) is 4.98 Å². The van der Waals surface area contributed by atoms with E-state index < -0.39 is 5.92 Å². The summed E-state index contributed by atoms with van der Waals surface area (Å²) < 4.78 is 11.4. The number of amides is 1. The summed E-state index contributed by atoms with van der Waals surface area (Å²) in [5.41, 5.74) is 2.14. The van der Waals surface area contributed by atoms with Crippen LogP contribution >= 0.6 is 11.8 Å². The van der Waals surface area contributed by atoms with Crippen LogP contribution in [-0.4, -0.2) is 30.7 Å². The highest BCUT2D eigenvalue weighted by Crippen LogP contribution is 2.35. The molecule has 30 heavy (non-hydrogen) atoms. The van der Waals surface area contributed by atoms with Crippen molar-refractivity contribution in [3.63, 3.8) is 0 Å². The van der Waals surface area contributed by atoms with Gasteiger partial charge in [-0.1, -0.05) is 23.9 Å². The second-order valence-electron chi connectivity index (χ2n) is 6.70. The number of thioether (sulfide) groups is 1. The molecule has 0 radical (unpaired) electrons. The first-order chi connectivity index (χ1) is 14.4. The number of nitriles is 1. The summed E-state index contributed by atoms with van der Waals surface area (Å²) in [6, 6.07) is 9.28. The fraction of sp³-hybridized carbons (Fsp3) is 0.348. The van der Waals surface area contributed by atoms with Crippen molar-refractivity contribution in [2.45, 2.75) is 33.8 Å². The number of benzene rings is 1. The highest BCUT2D eigenvalue weighted by atomic mass is 32.2. The molecule has 6 nitrogen and oxygen atoms in total. The van der Waals surface area contributed by atoms with Crippen molar-refractivity contribution >= 4 is 39.2 Å². The minimum Gasteiger partial charge on any atom is -0.488 e. The molecule has 0 saturated heterocycles. The monoisotopic (exact) mass is 425 g/mol. The predicted molar refractivity (Wildman–Crippen MR) is 123 cm³/mol.